The zero-order valence-corrected chi connectivity index (χ0v) is 8.40. The number of ether oxygens (including phenoxy) is 1. The molecule has 0 aliphatic carbocycles. The van der Waals surface area contributed by atoms with Gasteiger partial charge in [0.15, 0.2) is 0 Å². The number of aromatic nitrogens is 1. The van der Waals surface area contributed by atoms with Crippen molar-refractivity contribution in [1.29, 1.82) is 0 Å². The Kier molecular flexibility index (Phi) is 3.35. The molecule has 0 amide bonds. The Labute approximate surface area is 88.1 Å². The molecule has 0 aromatic carbocycles. The van der Waals surface area contributed by atoms with Crippen molar-refractivity contribution in [2.45, 2.75) is 19.5 Å². The minimum Gasteiger partial charge on any atom is -0.481 e. The van der Waals surface area contributed by atoms with E-state index in [0.717, 1.165) is 14.0 Å². The zero-order chi connectivity index (χ0) is 12.5. The molecule has 0 atom stereocenters. The lowest BCUT2D eigenvalue weighted by molar-refractivity contribution is -0.139. The van der Waals surface area contributed by atoms with Gasteiger partial charge < -0.3 is 4.74 Å². The summed E-state index contributed by atoms with van der Waals surface area (Å²) in [4.78, 5) is 3.48. The van der Waals surface area contributed by atoms with Crippen molar-refractivity contribution in [1.82, 2.24) is 4.98 Å². The molecule has 0 radical (unpaired) electrons. The van der Waals surface area contributed by atoms with E-state index < -0.39 is 23.7 Å². The van der Waals surface area contributed by atoms with Gasteiger partial charge in [0.2, 0.25) is 5.88 Å². The first-order valence-corrected chi connectivity index (χ1v) is 4.18. The highest BCUT2D eigenvalue weighted by molar-refractivity contribution is 5.37. The monoisotopic (exact) mass is 241 g/mol. The minimum atomic E-state index is -4.85. The van der Waals surface area contributed by atoms with Crippen molar-refractivity contribution in [2.75, 3.05) is 7.11 Å². The molecule has 1 aromatic rings. The predicted octanol–water partition coefficient (Wildman–Crippen LogP) is 3.36. The van der Waals surface area contributed by atoms with E-state index in [4.69, 9.17) is 0 Å². The summed E-state index contributed by atoms with van der Waals surface area (Å²) in [5, 5.41) is 0. The summed E-state index contributed by atoms with van der Waals surface area (Å²) in [6, 6.07) is 0.467. The van der Waals surface area contributed by atoms with Crippen LogP contribution in [0.15, 0.2) is 6.07 Å². The molecule has 0 unspecified atom stereocenters. The first-order chi connectivity index (χ1) is 7.27. The minimum absolute atomic E-state index is 0.339. The van der Waals surface area contributed by atoms with Crippen LogP contribution in [0.3, 0.4) is 0 Å². The molecular formula is C9H8F5NO. The van der Waals surface area contributed by atoms with E-state index in [1.165, 1.54) is 0 Å². The second-order valence-electron chi connectivity index (χ2n) is 3.01. The van der Waals surface area contributed by atoms with Gasteiger partial charge in [-0.3, -0.25) is 0 Å². The second-order valence-corrected chi connectivity index (χ2v) is 3.01. The van der Waals surface area contributed by atoms with Gasteiger partial charge >= 0.3 is 6.18 Å². The van der Waals surface area contributed by atoms with Crippen LogP contribution in [0.25, 0.3) is 0 Å². The number of nitrogens with zero attached hydrogens (tertiary/aromatic N) is 1. The smallest absolute Gasteiger partial charge is 0.417 e. The van der Waals surface area contributed by atoms with Crippen LogP contribution >= 0.6 is 0 Å². The number of pyridine rings is 1. The Morgan fingerprint density at radius 1 is 1.31 bits per heavy atom. The molecule has 7 heteroatoms. The third kappa shape index (κ3) is 2.40. The van der Waals surface area contributed by atoms with Gasteiger partial charge in [-0.05, 0) is 6.92 Å². The number of aryl methyl sites for hydroxylation is 1. The van der Waals surface area contributed by atoms with Gasteiger partial charge in [-0.2, -0.15) is 13.2 Å². The number of methoxy groups -OCH3 is 1. The fourth-order valence-electron chi connectivity index (χ4n) is 1.27. The van der Waals surface area contributed by atoms with Crippen molar-refractivity contribution >= 4 is 0 Å². The first-order valence-electron chi connectivity index (χ1n) is 4.18. The molecule has 0 fully saturated rings. The summed E-state index contributed by atoms with van der Waals surface area (Å²) < 4.78 is 66.9. The molecule has 0 spiro atoms. The molecule has 0 saturated heterocycles. The maximum Gasteiger partial charge on any atom is 0.417 e. The molecule has 0 bridgehead atoms. The Bertz CT molecular complexity index is 388. The summed E-state index contributed by atoms with van der Waals surface area (Å²) in [7, 11) is 1.12. The van der Waals surface area contributed by atoms with Gasteiger partial charge in [0, 0.05) is 6.07 Å². The zero-order valence-electron chi connectivity index (χ0n) is 8.40. The molecule has 16 heavy (non-hydrogen) atoms. The number of rotatable bonds is 2. The predicted molar refractivity (Wildman–Crippen MR) is 45.5 cm³/mol. The van der Waals surface area contributed by atoms with Gasteiger partial charge in [-0.15, -0.1) is 0 Å². The molecule has 1 heterocycles. The molecule has 2 nitrogen and oxygen atoms in total. The topological polar surface area (TPSA) is 22.1 Å². The van der Waals surface area contributed by atoms with Crippen LogP contribution < -0.4 is 4.74 Å². The summed E-state index contributed by atoms with van der Waals surface area (Å²) in [6.45, 7) is 1.08. The number of halogens is 5. The Hall–Kier alpha value is -1.40. The van der Waals surface area contributed by atoms with Crippen LogP contribution in [0.1, 0.15) is 23.2 Å². The highest BCUT2D eigenvalue weighted by atomic mass is 19.4. The highest BCUT2D eigenvalue weighted by Crippen LogP contribution is 2.38. The van der Waals surface area contributed by atoms with Crippen LogP contribution in [0.5, 0.6) is 5.88 Å². The first kappa shape index (κ1) is 12.7. The maximum atomic E-state index is 12.5. The van der Waals surface area contributed by atoms with Crippen molar-refractivity contribution in [2.24, 2.45) is 0 Å². The molecule has 0 N–H and O–H groups in total. The second kappa shape index (κ2) is 4.23. The molecule has 1 aromatic heterocycles. The Morgan fingerprint density at radius 2 is 1.88 bits per heavy atom. The van der Waals surface area contributed by atoms with E-state index in [2.05, 4.69) is 9.72 Å². The lowest BCUT2D eigenvalue weighted by Crippen LogP contribution is -2.12. The van der Waals surface area contributed by atoms with Crippen molar-refractivity contribution in [3.8, 4) is 5.88 Å². The van der Waals surface area contributed by atoms with Gasteiger partial charge in [0.05, 0.1) is 23.9 Å². The largest absolute Gasteiger partial charge is 0.481 e. The van der Waals surface area contributed by atoms with Crippen molar-refractivity contribution < 1.29 is 26.7 Å². The normalized spacial score (nSPS) is 12.0. The van der Waals surface area contributed by atoms with Crippen LogP contribution in [-0.2, 0) is 6.18 Å². The van der Waals surface area contributed by atoms with E-state index >= 15 is 0 Å². The average molecular weight is 241 g/mol. The van der Waals surface area contributed by atoms with Gasteiger partial charge in [0.25, 0.3) is 6.43 Å². The fraction of sp³-hybridized carbons (Fsp3) is 0.444. The quantitative estimate of drug-likeness (QED) is 0.740. The summed E-state index contributed by atoms with van der Waals surface area (Å²) >= 11 is 0. The standard InChI is InChI=1S/C9H8F5NO/c1-4-7(8(10)11)5(9(12,13)14)3-6(15-4)16-2/h3,8H,1-2H3. The third-order valence-electron chi connectivity index (χ3n) is 1.96. The summed E-state index contributed by atoms with van der Waals surface area (Å²) in [5.41, 5.74) is -2.90. The number of hydrogen-bond acceptors (Lipinski definition) is 2. The highest BCUT2D eigenvalue weighted by Gasteiger charge is 2.37. The summed E-state index contributed by atoms with van der Waals surface area (Å²) in [5.74, 6) is -0.339. The SMILES string of the molecule is COc1cc(C(F)(F)F)c(C(F)F)c(C)n1. The summed E-state index contributed by atoms with van der Waals surface area (Å²) in [6.07, 6.45) is -8.08. The molecule has 0 saturated carbocycles. The van der Waals surface area contributed by atoms with Crippen LogP contribution in [0, 0.1) is 6.92 Å². The van der Waals surface area contributed by atoms with E-state index in [1.807, 2.05) is 0 Å². The molecule has 0 aliphatic heterocycles. The van der Waals surface area contributed by atoms with E-state index in [9.17, 15) is 22.0 Å². The van der Waals surface area contributed by atoms with E-state index in [1.54, 1.807) is 0 Å². The van der Waals surface area contributed by atoms with Gasteiger partial charge in [0.1, 0.15) is 0 Å². The molecule has 1 rings (SSSR count). The molecule has 90 valence electrons. The lowest BCUT2D eigenvalue weighted by atomic mass is 10.1. The number of hydrogen-bond donors (Lipinski definition) is 0. The Balaban J connectivity index is 3.47. The van der Waals surface area contributed by atoms with Crippen LogP contribution in [0.4, 0.5) is 22.0 Å². The number of alkyl halides is 5. The van der Waals surface area contributed by atoms with Crippen molar-refractivity contribution in [3.63, 3.8) is 0 Å². The fourth-order valence-corrected chi connectivity index (χ4v) is 1.27. The molecule has 0 aliphatic rings. The maximum absolute atomic E-state index is 12.5. The van der Waals surface area contributed by atoms with Crippen LogP contribution in [-0.4, -0.2) is 12.1 Å². The lowest BCUT2D eigenvalue weighted by Gasteiger charge is -2.15. The molecular weight excluding hydrogens is 233 g/mol. The van der Waals surface area contributed by atoms with Crippen LogP contribution in [0.2, 0.25) is 0 Å². The van der Waals surface area contributed by atoms with Gasteiger partial charge in [-0.1, -0.05) is 0 Å². The Morgan fingerprint density at radius 3 is 2.25 bits per heavy atom. The third-order valence-corrected chi connectivity index (χ3v) is 1.96. The van der Waals surface area contributed by atoms with E-state index in [-0.39, 0.29) is 11.6 Å². The van der Waals surface area contributed by atoms with Crippen molar-refractivity contribution in [3.05, 3.63) is 22.9 Å². The van der Waals surface area contributed by atoms with E-state index in [0.29, 0.717) is 6.07 Å². The average Bonchev–Trinajstić information content (AvgIpc) is 2.14. The van der Waals surface area contributed by atoms with Gasteiger partial charge in [-0.25, -0.2) is 13.8 Å².